The highest BCUT2D eigenvalue weighted by molar-refractivity contribution is 5.33. The van der Waals surface area contributed by atoms with E-state index in [1.807, 2.05) is 30.3 Å². The highest BCUT2D eigenvalue weighted by atomic mass is 19.1. The van der Waals surface area contributed by atoms with Crippen molar-refractivity contribution in [1.29, 1.82) is 0 Å². The number of benzene rings is 2. The lowest BCUT2D eigenvalue weighted by molar-refractivity contribution is 0.382. The van der Waals surface area contributed by atoms with E-state index in [0.717, 1.165) is 12.1 Å². The SMILES string of the molecule is CCNC(Cc1cccc(OC)c1F)c1ccccc1. The molecule has 0 amide bonds. The molecule has 1 atom stereocenters. The van der Waals surface area contributed by atoms with Gasteiger partial charge in [0.15, 0.2) is 11.6 Å². The molecule has 2 aromatic rings. The number of rotatable bonds is 6. The molecule has 3 heteroatoms. The van der Waals surface area contributed by atoms with Crippen LogP contribution in [-0.4, -0.2) is 13.7 Å². The van der Waals surface area contributed by atoms with Gasteiger partial charge in [-0.25, -0.2) is 4.39 Å². The third-order valence-corrected chi connectivity index (χ3v) is 3.34. The number of hydrogen-bond acceptors (Lipinski definition) is 2. The Bertz CT molecular complexity index is 542. The Hall–Kier alpha value is -1.87. The van der Waals surface area contributed by atoms with Crippen LogP contribution in [0.15, 0.2) is 48.5 Å². The molecule has 0 saturated heterocycles. The first kappa shape index (κ1) is 14.5. The van der Waals surface area contributed by atoms with Crippen LogP contribution in [0.3, 0.4) is 0 Å². The van der Waals surface area contributed by atoms with Crippen LogP contribution in [0.5, 0.6) is 5.75 Å². The number of hydrogen-bond donors (Lipinski definition) is 1. The van der Waals surface area contributed by atoms with E-state index >= 15 is 0 Å². The Balaban J connectivity index is 2.25. The summed E-state index contributed by atoms with van der Waals surface area (Å²) in [4.78, 5) is 0. The standard InChI is InChI=1S/C17H20FNO/c1-3-19-15(13-8-5-4-6-9-13)12-14-10-7-11-16(20-2)17(14)18/h4-11,15,19H,3,12H2,1-2H3. The summed E-state index contributed by atoms with van der Waals surface area (Å²) in [7, 11) is 1.49. The Labute approximate surface area is 119 Å². The molecule has 2 nitrogen and oxygen atoms in total. The summed E-state index contributed by atoms with van der Waals surface area (Å²) in [6.07, 6.45) is 0.598. The highest BCUT2D eigenvalue weighted by Gasteiger charge is 2.15. The molecule has 0 bridgehead atoms. The number of ether oxygens (including phenoxy) is 1. The van der Waals surface area contributed by atoms with Gasteiger partial charge in [-0.05, 0) is 30.2 Å². The van der Waals surface area contributed by atoms with Crippen LogP contribution in [0.1, 0.15) is 24.1 Å². The number of halogens is 1. The summed E-state index contributed by atoms with van der Waals surface area (Å²) in [5, 5.41) is 3.40. The van der Waals surface area contributed by atoms with Crippen molar-refractivity contribution in [2.75, 3.05) is 13.7 Å². The van der Waals surface area contributed by atoms with E-state index in [-0.39, 0.29) is 11.9 Å². The van der Waals surface area contributed by atoms with Gasteiger partial charge >= 0.3 is 0 Å². The Morgan fingerprint density at radius 3 is 2.50 bits per heavy atom. The summed E-state index contributed by atoms with van der Waals surface area (Å²) < 4.78 is 19.3. The topological polar surface area (TPSA) is 21.3 Å². The summed E-state index contributed by atoms with van der Waals surface area (Å²) in [6, 6.07) is 15.5. The lowest BCUT2D eigenvalue weighted by atomic mass is 9.98. The van der Waals surface area contributed by atoms with Crippen LogP contribution in [0.25, 0.3) is 0 Å². The van der Waals surface area contributed by atoms with Gasteiger partial charge in [0, 0.05) is 6.04 Å². The first-order valence-corrected chi connectivity index (χ1v) is 6.86. The number of nitrogens with one attached hydrogen (secondary N) is 1. The summed E-state index contributed by atoms with van der Waals surface area (Å²) in [5.74, 6) is 0.0274. The Kier molecular flexibility index (Phi) is 5.13. The monoisotopic (exact) mass is 273 g/mol. The number of likely N-dealkylation sites (N-methyl/N-ethyl adjacent to an activating group) is 1. The number of methoxy groups -OCH3 is 1. The second-order valence-corrected chi connectivity index (χ2v) is 4.66. The van der Waals surface area contributed by atoms with Gasteiger partial charge in [0.05, 0.1) is 7.11 Å². The van der Waals surface area contributed by atoms with Crippen LogP contribution in [0, 0.1) is 5.82 Å². The van der Waals surface area contributed by atoms with Crippen molar-refractivity contribution in [3.63, 3.8) is 0 Å². The van der Waals surface area contributed by atoms with Crippen molar-refractivity contribution in [2.24, 2.45) is 0 Å². The van der Waals surface area contributed by atoms with Gasteiger partial charge in [-0.15, -0.1) is 0 Å². The summed E-state index contributed by atoms with van der Waals surface area (Å²) >= 11 is 0. The van der Waals surface area contributed by atoms with E-state index in [2.05, 4.69) is 24.4 Å². The molecule has 0 spiro atoms. The normalized spacial score (nSPS) is 12.2. The average molecular weight is 273 g/mol. The lowest BCUT2D eigenvalue weighted by Crippen LogP contribution is -2.23. The minimum absolute atomic E-state index is 0.0998. The first-order valence-electron chi connectivity index (χ1n) is 6.86. The third kappa shape index (κ3) is 3.36. The zero-order valence-electron chi connectivity index (χ0n) is 11.9. The fourth-order valence-corrected chi connectivity index (χ4v) is 2.33. The molecule has 20 heavy (non-hydrogen) atoms. The molecule has 1 N–H and O–H groups in total. The largest absolute Gasteiger partial charge is 0.494 e. The fraction of sp³-hybridized carbons (Fsp3) is 0.294. The predicted octanol–water partition coefficient (Wildman–Crippen LogP) is 3.73. The van der Waals surface area contributed by atoms with Crippen LogP contribution < -0.4 is 10.1 Å². The minimum Gasteiger partial charge on any atom is -0.494 e. The van der Waals surface area contributed by atoms with E-state index in [0.29, 0.717) is 17.7 Å². The molecule has 0 heterocycles. The van der Waals surface area contributed by atoms with E-state index in [1.54, 1.807) is 6.07 Å². The molecular weight excluding hydrogens is 253 g/mol. The molecule has 0 aliphatic carbocycles. The van der Waals surface area contributed by atoms with Crippen molar-refractivity contribution < 1.29 is 9.13 Å². The maximum atomic E-state index is 14.2. The smallest absolute Gasteiger partial charge is 0.168 e. The second-order valence-electron chi connectivity index (χ2n) is 4.66. The van der Waals surface area contributed by atoms with E-state index < -0.39 is 0 Å². The molecule has 0 aliphatic heterocycles. The third-order valence-electron chi connectivity index (χ3n) is 3.34. The second kappa shape index (κ2) is 7.06. The van der Waals surface area contributed by atoms with Crippen LogP contribution in [0.2, 0.25) is 0 Å². The first-order chi connectivity index (χ1) is 9.76. The molecule has 2 aromatic carbocycles. The molecule has 0 aliphatic rings. The molecule has 0 aromatic heterocycles. The van der Waals surface area contributed by atoms with Gasteiger partial charge in [0.2, 0.25) is 0 Å². The van der Waals surface area contributed by atoms with Crippen LogP contribution in [0.4, 0.5) is 4.39 Å². The van der Waals surface area contributed by atoms with Gasteiger partial charge in [0.25, 0.3) is 0 Å². The predicted molar refractivity (Wildman–Crippen MR) is 79.5 cm³/mol. The quantitative estimate of drug-likeness (QED) is 0.866. The summed E-state index contributed by atoms with van der Waals surface area (Å²) in [6.45, 7) is 2.89. The van der Waals surface area contributed by atoms with Crippen molar-refractivity contribution in [3.05, 3.63) is 65.5 Å². The van der Waals surface area contributed by atoms with Gasteiger partial charge < -0.3 is 10.1 Å². The Morgan fingerprint density at radius 2 is 1.85 bits per heavy atom. The summed E-state index contributed by atoms with van der Waals surface area (Å²) in [5.41, 5.74) is 1.83. The van der Waals surface area contributed by atoms with E-state index in [1.165, 1.54) is 7.11 Å². The average Bonchev–Trinajstić information content (AvgIpc) is 2.49. The van der Waals surface area contributed by atoms with Gasteiger partial charge in [-0.3, -0.25) is 0 Å². The zero-order chi connectivity index (χ0) is 14.4. The minimum atomic E-state index is -0.270. The van der Waals surface area contributed by atoms with Crippen LogP contribution >= 0.6 is 0 Å². The Morgan fingerprint density at radius 1 is 1.10 bits per heavy atom. The van der Waals surface area contributed by atoms with Crippen LogP contribution in [-0.2, 0) is 6.42 Å². The maximum absolute atomic E-state index is 14.2. The van der Waals surface area contributed by atoms with Gasteiger partial charge in [-0.2, -0.15) is 0 Å². The van der Waals surface area contributed by atoms with Crippen molar-refractivity contribution in [3.8, 4) is 5.75 Å². The zero-order valence-corrected chi connectivity index (χ0v) is 11.9. The molecular formula is C17H20FNO. The van der Waals surface area contributed by atoms with Crippen molar-refractivity contribution in [2.45, 2.75) is 19.4 Å². The molecule has 106 valence electrons. The van der Waals surface area contributed by atoms with Gasteiger partial charge in [-0.1, -0.05) is 49.4 Å². The van der Waals surface area contributed by atoms with Gasteiger partial charge in [0.1, 0.15) is 0 Å². The fourth-order valence-electron chi connectivity index (χ4n) is 2.33. The lowest BCUT2D eigenvalue weighted by Gasteiger charge is -2.19. The maximum Gasteiger partial charge on any atom is 0.168 e. The highest BCUT2D eigenvalue weighted by Crippen LogP contribution is 2.25. The molecule has 2 rings (SSSR count). The van der Waals surface area contributed by atoms with E-state index in [9.17, 15) is 4.39 Å². The van der Waals surface area contributed by atoms with E-state index in [4.69, 9.17) is 4.74 Å². The van der Waals surface area contributed by atoms with Crippen molar-refractivity contribution >= 4 is 0 Å². The molecule has 0 fully saturated rings. The van der Waals surface area contributed by atoms with Crippen molar-refractivity contribution in [1.82, 2.24) is 5.32 Å². The molecule has 1 unspecified atom stereocenters. The molecule has 0 saturated carbocycles. The molecule has 0 radical (unpaired) electrons.